The lowest BCUT2D eigenvalue weighted by Crippen LogP contribution is -2.42. The second-order valence-electron chi connectivity index (χ2n) is 4.45. The molecule has 0 aliphatic carbocycles. The van der Waals surface area contributed by atoms with Crippen LogP contribution in [-0.2, 0) is 0 Å². The summed E-state index contributed by atoms with van der Waals surface area (Å²) in [6.07, 6.45) is 0. The van der Waals surface area contributed by atoms with Gasteiger partial charge in [0.2, 0.25) is 0 Å². The molecule has 0 saturated heterocycles. The van der Waals surface area contributed by atoms with Gasteiger partial charge in [-0.3, -0.25) is 4.79 Å². The van der Waals surface area contributed by atoms with Gasteiger partial charge in [-0.25, -0.2) is 4.39 Å². The summed E-state index contributed by atoms with van der Waals surface area (Å²) in [6, 6.07) is 4.11. The first-order chi connectivity index (χ1) is 8.32. The van der Waals surface area contributed by atoms with Crippen molar-refractivity contribution in [3.63, 3.8) is 0 Å². The van der Waals surface area contributed by atoms with E-state index in [0.717, 1.165) is 5.56 Å². The number of carbonyl (C=O) groups excluding carboxylic acids is 1. The molecule has 1 aromatic carbocycles. The molecule has 0 saturated carbocycles. The molecule has 0 aliphatic rings. The van der Waals surface area contributed by atoms with E-state index in [0.29, 0.717) is 5.56 Å². The smallest absolute Gasteiger partial charge is 0.254 e. The molecule has 2 N–H and O–H groups in total. The van der Waals surface area contributed by atoms with Gasteiger partial charge in [0.15, 0.2) is 0 Å². The van der Waals surface area contributed by atoms with E-state index in [-0.39, 0.29) is 23.5 Å². The second-order valence-corrected chi connectivity index (χ2v) is 4.98. The van der Waals surface area contributed by atoms with Gasteiger partial charge in [0.05, 0.1) is 11.5 Å². The number of benzene rings is 1. The van der Waals surface area contributed by atoms with E-state index < -0.39 is 5.82 Å². The van der Waals surface area contributed by atoms with Crippen molar-refractivity contribution in [3.8, 4) is 0 Å². The van der Waals surface area contributed by atoms with Crippen LogP contribution in [0.5, 0.6) is 0 Å². The van der Waals surface area contributed by atoms with Crippen molar-refractivity contribution in [2.45, 2.75) is 26.8 Å². The average Bonchev–Trinajstić information content (AvgIpc) is 2.27. The van der Waals surface area contributed by atoms with E-state index in [9.17, 15) is 9.18 Å². The van der Waals surface area contributed by atoms with E-state index in [2.05, 4.69) is 0 Å². The van der Waals surface area contributed by atoms with Gasteiger partial charge in [-0.15, -0.1) is 0 Å². The third-order valence-corrected chi connectivity index (χ3v) is 2.77. The Morgan fingerprint density at radius 2 is 2.11 bits per heavy atom. The Hall–Kier alpha value is -1.49. The number of hydrogen-bond donors (Lipinski definition) is 1. The molecule has 98 valence electrons. The molecule has 1 rings (SSSR count). The van der Waals surface area contributed by atoms with Crippen LogP contribution in [0.25, 0.3) is 0 Å². The van der Waals surface area contributed by atoms with Crippen molar-refractivity contribution in [3.05, 3.63) is 35.1 Å². The topological polar surface area (TPSA) is 46.3 Å². The summed E-state index contributed by atoms with van der Waals surface area (Å²) in [5.41, 5.74) is 6.56. The number of carbonyl (C=O) groups is 1. The second kappa shape index (κ2) is 5.91. The molecule has 5 heteroatoms. The van der Waals surface area contributed by atoms with E-state index >= 15 is 0 Å². The molecular formula is C13H17FN2OS. The monoisotopic (exact) mass is 268 g/mol. The minimum absolute atomic E-state index is 0.0540. The molecule has 0 atom stereocenters. The number of rotatable bonds is 4. The number of aryl methyl sites for hydroxylation is 1. The van der Waals surface area contributed by atoms with Crippen LogP contribution in [-0.4, -0.2) is 28.4 Å². The summed E-state index contributed by atoms with van der Waals surface area (Å²) in [6.45, 7) is 5.70. The maximum atomic E-state index is 13.2. The number of hydrogen-bond acceptors (Lipinski definition) is 2. The average molecular weight is 268 g/mol. The summed E-state index contributed by atoms with van der Waals surface area (Å²) in [5, 5.41) is 0. The van der Waals surface area contributed by atoms with Crippen LogP contribution < -0.4 is 5.73 Å². The standard InChI is InChI=1S/C13H17FN2OS/c1-8(2)16(7-12(15)18)13(17)11-6-10(14)5-4-9(11)3/h4-6,8H,7H2,1-3H3,(H2,15,18). The summed E-state index contributed by atoms with van der Waals surface area (Å²) in [4.78, 5) is 14.1. The fourth-order valence-corrected chi connectivity index (χ4v) is 1.78. The number of amides is 1. The quantitative estimate of drug-likeness (QED) is 0.852. The maximum Gasteiger partial charge on any atom is 0.254 e. The van der Waals surface area contributed by atoms with Gasteiger partial charge in [-0.05, 0) is 38.5 Å². The highest BCUT2D eigenvalue weighted by Gasteiger charge is 2.21. The SMILES string of the molecule is Cc1ccc(F)cc1C(=O)N(CC(N)=S)C(C)C. The maximum absolute atomic E-state index is 13.2. The van der Waals surface area contributed by atoms with Crippen LogP contribution in [0.15, 0.2) is 18.2 Å². The van der Waals surface area contributed by atoms with Crippen molar-refractivity contribution in [1.29, 1.82) is 0 Å². The highest BCUT2D eigenvalue weighted by Crippen LogP contribution is 2.14. The molecule has 0 unspecified atom stereocenters. The van der Waals surface area contributed by atoms with Crippen LogP contribution in [0.3, 0.4) is 0 Å². The highest BCUT2D eigenvalue weighted by atomic mass is 32.1. The zero-order valence-electron chi connectivity index (χ0n) is 10.7. The lowest BCUT2D eigenvalue weighted by atomic mass is 10.1. The zero-order chi connectivity index (χ0) is 13.9. The molecule has 18 heavy (non-hydrogen) atoms. The Bertz CT molecular complexity index is 474. The minimum atomic E-state index is -0.428. The normalized spacial score (nSPS) is 10.5. The summed E-state index contributed by atoms with van der Waals surface area (Å²) >= 11 is 4.83. The van der Waals surface area contributed by atoms with Crippen molar-refractivity contribution in [2.24, 2.45) is 5.73 Å². The number of thiocarbonyl (C=S) groups is 1. The summed E-state index contributed by atoms with van der Waals surface area (Å²) in [5.74, 6) is -0.683. The van der Waals surface area contributed by atoms with Gasteiger partial charge in [0.25, 0.3) is 5.91 Å². The number of nitrogens with two attached hydrogens (primary N) is 1. The fraction of sp³-hybridized carbons (Fsp3) is 0.385. The molecule has 0 radical (unpaired) electrons. The van der Waals surface area contributed by atoms with Gasteiger partial charge in [0, 0.05) is 11.6 Å². The Morgan fingerprint density at radius 3 is 2.61 bits per heavy atom. The molecule has 3 nitrogen and oxygen atoms in total. The molecule has 0 heterocycles. The van der Waals surface area contributed by atoms with Crippen LogP contribution in [0.2, 0.25) is 0 Å². The summed E-state index contributed by atoms with van der Waals surface area (Å²) < 4.78 is 13.2. The Kier molecular flexibility index (Phi) is 4.78. The van der Waals surface area contributed by atoms with Gasteiger partial charge >= 0.3 is 0 Å². The Morgan fingerprint density at radius 1 is 1.50 bits per heavy atom. The molecular weight excluding hydrogens is 251 g/mol. The molecule has 0 aromatic heterocycles. The zero-order valence-corrected chi connectivity index (χ0v) is 11.6. The van der Waals surface area contributed by atoms with Gasteiger partial charge in [-0.1, -0.05) is 18.3 Å². The van der Waals surface area contributed by atoms with E-state index in [1.165, 1.54) is 17.0 Å². The van der Waals surface area contributed by atoms with Crippen molar-refractivity contribution in [2.75, 3.05) is 6.54 Å². The van der Waals surface area contributed by atoms with Crippen molar-refractivity contribution >= 4 is 23.1 Å². The van der Waals surface area contributed by atoms with Gasteiger partial charge in [0.1, 0.15) is 5.82 Å². The van der Waals surface area contributed by atoms with E-state index in [1.807, 2.05) is 13.8 Å². The van der Waals surface area contributed by atoms with Crippen LogP contribution >= 0.6 is 12.2 Å². The first kappa shape index (κ1) is 14.6. The van der Waals surface area contributed by atoms with Crippen molar-refractivity contribution < 1.29 is 9.18 Å². The van der Waals surface area contributed by atoms with Crippen LogP contribution in [0, 0.1) is 12.7 Å². The van der Waals surface area contributed by atoms with Gasteiger partial charge in [-0.2, -0.15) is 0 Å². The third kappa shape index (κ3) is 3.50. The highest BCUT2D eigenvalue weighted by molar-refractivity contribution is 7.80. The molecule has 0 fully saturated rings. The Labute approximate surface area is 112 Å². The molecule has 0 bridgehead atoms. The molecule has 1 aromatic rings. The Balaban J connectivity index is 3.09. The first-order valence-corrected chi connectivity index (χ1v) is 6.09. The van der Waals surface area contributed by atoms with Crippen molar-refractivity contribution in [1.82, 2.24) is 4.90 Å². The number of halogens is 1. The molecule has 0 aliphatic heterocycles. The largest absolute Gasteiger partial charge is 0.392 e. The van der Waals surface area contributed by atoms with Gasteiger partial charge < -0.3 is 10.6 Å². The fourth-order valence-electron chi connectivity index (χ4n) is 1.64. The van der Waals surface area contributed by atoms with E-state index in [4.69, 9.17) is 18.0 Å². The lowest BCUT2D eigenvalue weighted by Gasteiger charge is -2.26. The third-order valence-electron chi connectivity index (χ3n) is 2.64. The first-order valence-electron chi connectivity index (χ1n) is 5.68. The summed E-state index contributed by atoms with van der Waals surface area (Å²) in [7, 11) is 0. The number of nitrogens with zero attached hydrogens (tertiary/aromatic N) is 1. The minimum Gasteiger partial charge on any atom is -0.392 e. The van der Waals surface area contributed by atoms with Crippen LogP contribution in [0.1, 0.15) is 29.8 Å². The molecule has 1 amide bonds. The predicted molar refractivity (Wildman–Crippen MR) is 74.1 cm³/mol. The lowest BCUT2D eigenvalue weighted by molar-refractivity contribution is 0.0735. The molecule has 0 spiro atoms. The van der Waals surface area contributed by atoms with E-state index in [1.54, 1.807) is 13.0 Å². The van der Waals surface area contributed by atoms with Crippen LogP contribution in [0.4, 0.5) is 4.39 Å². The predicted octanol–water partition coefficient (Wildman–Crippen LogP) is 2.27.